The summed E-state index contributed by atoms with van der Waals surface area (Å²) in [5, 5.41) is 62.4. The second-order valence-electron chi connectivity index (χ2n) is 12.3. The number of carboxylic acid groups (broad SMARTS) is 4. The van der Waals surface area contributed by atoms with E-state index in [1.807, 2.05) is 0 Å². The number of hydrogen-bond acceptors (Lipinski definition) is 13. The molecule has 4 atom stereocenters. The van der Waals surface area contributed by atoms with Crippen LogP contribution in [0.1, 0.15) is 36.2 Å². The number of aliphatic hydroxyl groups is 2. The van der Waals surface area contributed by atoms with Crippen molar-refractivity contribution in [2.45, 2.75) is 37.4 Å². The van der Waals surface area contributed by atoms with Crippen molar-refractivity contribution in [2.75, 3.05) is 52.5 Å². The molecule has 1 aromatic carbocycles. The Morgan fingerprint density at radius 1 is 0.882 bits per heavy atom. The molecular formula is C34H38N2O15. The van der Waals surface area contributed by atoms with Crippen molar-refractivity contribution in [1.82, 2.24) is 9.80 Å². The zero-order valence-corrected chi connectivity index (χ0v) is 27.7. The molecule has 17 heteroatoms. The van der Waals surface area contributed by atoms with Crippen LogP contribution in [-0.2, 0) is 43.7 Å². The smallest absolute Gasteiger partial charge is 0.340 e. The first-order valence-corrected chi connectivity index (χ1v) is 16.0. The maximum absolute atomic E-state index is 13.6. The summed E-state index contributed by atoms with van der Waals surface area (Å²) in [4.78, 5) is 62.9. The maximum atomic E-state index is 13.6. The number of carboxylic acids is 4. The molecule has 0 radical (unpaired) electrons. The van der Waals surface area contributed by atoms with Gasteiger partial charge in [-0.25, -0.2) is 4.79 Å². The Bertz CT molecular complexity index is 1730. The molecule has 17 nitrogen and oxygen atoms in total. The topological polar surface area (TPSA) is 250 Å². The molecule has 51 heavy (non-hydrogen) atoms. The Balaban J connectivity index is 1.82. The number of ether oxygens (including phenoxy) is 4. The third-order valence-electron chi connectivity index (χ3n) is 8.90. The molecule has 2 aliphatic heterocycles. The van der Waals surface area contributed by atoms with Crippen LogP contribution < -0.4 is 0 Å². The van der Waals surface area contributed by atoms with Gasteiger partial charge >= 0.3 is 29.8 Å². The summed E-state index contributed by atoms with van der Waals surface area (Å²) < 4.78 is 24.4. The van der Waals surface area contributed by atoms with E-state index >= 15 is 0 Å². The molecule has 0 saturated carbocycles. The van der Waals surface area contributed by atoms with Gasteiger partial charge in [0, 0.05) is 55.0 Å². The van der Waals surface area contributed by atoms with E-state index in [-0.39, 0.29) is 53.4 Å². The molecule has 4 aliphatic rings. The first-order valence-electron chi connectivity index (χ1n) is 16.0. The van der Waals surface area contributed by atoms with Gasteiger partial charge in [-0.1, -0.05) is 24.3 Å². The molecule has 0 amide bonds. The molecule has 6 N–H and O–H groups in total. The second-order valence-corrected chi connectivity index (χ2v) is 12.3. The zero-order valence-electron chi connectivity index (χ0n) is 27.7. The van der Waals surface area contributed by atoms with Crippen molar-refractivity contribution in [1.29, 1.82) is 0 Å². The highest BCUT2D eigenvalue weighted by Gasteiger charge is 2.61. The number of aliphatic carboxylic acids is 4. The van der Waals surface area contributed by atoms with E-state index in [2.05, 4.69) is 0 Å². The first-order chi connectivity index (χ1) is 24.1. The summed E-state index contributed by atoms with van der Waals surface area (Å²) in [7, 11) is 0. The van der Waals surface area contributed by atoms with Gasteiger partial charge in [-0.15, -0.1) is 0 Å². The van der Waals surface area contributed by atoms with Gasteiger partial charge in [0.1, 0.15) is 11.5 Å². The number of nitrogens with zero attached hydrogens (tertiary/aromatic N) is 2. The van der Waals surface area contributed by atoms with E-state index in [1.54, 1.807) is 32.0 Å². The van der Waals surface area contributed by atoms with Gasteiger partial charge in [0.15, 0.2) is 17.2 Å². The summed E-state index contributed by atoms with van der Waals surface area (Å²) in [6.07, 6.45) is 3.96. The van der Waals surface area contributed by atoms with Gasteiger partial charge in [-0.05, 0) is 32.1 Å². The molecular weight excluding hydrogens is 676 g/mol. The molecule has 4 unspecified atom stereocenters. The highest BCUT2D eigenvalue weighted by atomic mass is 16.6. The average Bonchev–Trinajstić information content (AvgIpc) is 3.31. The van der Waals surface area contributed by atoms with E-state index in [4.69, 9.17) is 18.9 Å². The van der Waals surface area contributed by atoms with Gasteiger partial charge in [-0.2, -0.15) is 0 Å². The fourth-order valence-electron chi connectivity index (χ4n) is 7.06. The van der Waals surface area contributed by atoms with Crippen molar-refractivity contribution in [3.63, 3.8) is 0 Å². The highest BCUT2D eigenvalue weighted by molar-refractivity contribution is 5.97. The van der Waals surface area contributed by atoms with Crippen molar-refractivity contribution in [3.05, 3.63) is 81.9 Å². The first kappa shape index (κ1) is 37.3. The number of hydrogen-bond donors (Lipinski definition) is 6. The molecule has 0 bridgehead atoms. The molecule has 2 heterocycles. The summed E-state index contributed by atoms with van der Waals surface area (Å²) in [5.41, 5.74) is -1.09. The van der Waals surface area contributed by atoms with Crippen LogP contribution in [0.3, 0.4) is 0 Å². The minimum Gasteiger partial charge on any atom is -0.480 e. The number of carbonyl (C=O) groups is 5. The zero-order chi connectivity index (χ0) is 37.3. The average molecular weight is 715 g/mol. The third-order valence-corrected chi connectivity index (χ3v) is 8.90. The standard InChI is InChI=1S/C34H38N2O15/c1-3-48-32(46)11-9-21-29(23(32)13-35(15-25(37)38)16-26(39)40)50-30-22(34(21)20-8-6-5-7-19(20)31(45)51-34)10-12-33(47,49-4-2)24(30)14-36(17-27(41)42)18-28(43)44/h5-11,23,46-47H,3-4,12-18H2,1-2H3,(H,37,38)(H,39,40)(H,41,42)(H,43,44). The van der Waals surface area contributed by atoms with Crippen molar-refractivity contribution in [3.8, 4) is 0 Å². The van der Waals surface area contributed by atoms with Crippen LogP contribution in [0.15, 0.2) is 70.7 Å². The van der Waals surface area contributed by atoms with E-state index in [0.717, 1.165) is 9.80 Å². The Morgan fingerprint density at radius 2 is 1.47 bits per heavy atom. The Morgan fingerprint density at radius 3 is 2.06 bits per heavy atom. The minimum atomic E-state index is -2.24. The van der Waals surface area contributed by atoms with E-state index in [0.29, 0.717) is 5.56 Å². The highest BCUT2D eigenvalue weighted by Crippen LogP contribution is 2.59. The molecule has 0 fully saturated rings. The van der Waals surface area contributed by atoms with Crippen molar-refractivity contribution < 1.29 is 73.6 Å². The van der Waals surface area contributed by atoms with Crippen LogP contribution in [0.25, 0.3) is 0 Å². The number of fused-ring (bicyclic) bond motifs is 5. The van der Waals surface area contributed by atoms with Crippen molar-refractivity contribution >= 4 is 29.8 Å². The SMILES string of the molecule is CCOC1(O)CC=C2C(=C1CN(CC(=O)O)CC(=O)O)OC1=C(C=CC(O)(OCC)C1CN(CC(=O)O)CC(=O)O)C21OC(=O)c2ccccc21. The minimum absolute atomic E-state index is 0.0555. The lowest BCUT2D eigenvalue weighted by Crippen LogP contribution is -2.53. The van der Waals surface area contributed by atoms with Gasteiger partial charge in [0.25, 0.3) is 0 Å². The maximum Gasteiger partial charge on any atom is 0.340 e. The Hall–Kier alpha value is -4.91. The number of benzene rings is 1. The van der Waals surface area contributed by atoms with Crippen LogP contribution in [0.4, 0.5) is 0 Å². The normalized spacial score (nSPS) is 26.4. The summed E-state index contributed by atoms with van der Waals surface area (Å²) in [6.45, 7) is -1.02. The molecule has 1 spiro atoms. The third kappa shape index (κ3) is 7.03. The van der Waals surface area contributed by atoms with E-state index in [1.165, 1.54) is 24.3 Å². The molecule has 1 aromatic rings. The predicted octanol–water partition coefficient (Wildman–Crippen LogP) is 0.499. The van der Waals surface area contributed by atoms with E-state index < -0.39 is 92.2 Å². The van der Waals surface area contributed by atoms with Gasteiger partial charge < -0.3 is 49.6 Å². The van der Waals surface area contributed by atoms with Crippen LogP contribution in [-0.4, -0.2) is 134 Å². The van der Waals surface area contributed by atoms with Crippen LogP contribution in [0.2, 0.25) is 0 Å². The molecule has 0 saturated heterocycles. The van der Waals surface area contributed by atoms with Crippen LogP contribution >= 0.6 is 0 Å². The molecule has 274 valence electrons. The van der Waals surface area contributed by atoms with Crippen molar-refractivity contribution in [2.24, 2.45) is 5.92 Å². The Kier molecular flexibility index (Phi) is 10.5. The number of rotatable bonds is 16. The summed E-state index contributed by atoms with van der Waals surface area (Å²) in [5.74, 6) is -12.4. The monoisotopic (exact) mass is 714 g/mol. The summed E-state index contributed by atoms with van der Waals surface area (Å²) >= 11 is 0. The quantitative estimate of drug-likeness (QED) is 0.101. The molecule has 5 rings (SSSR count). The lowest BCUT2D eigenvalue weighted by atomic mass is 9.69. The fourth-order valence-corrected chi connectivity index (χ4v) is 7.06. The predicted molar refractivity (Wildman–Crippen MR) is 171 cm³/mol. The lowest BCUT2D eigenvalue weighted by Gasteiger charge is -2.49. The van der Waals surface area contributed by atoms with Crippen LogP contribution in [0, 0.1) is 5.92 Å². The second kappa shape index (κ2) is 14.4. The molecule has 2 aliphatic carbocycles. The van der Waals surface area contributed by atoms with Gasteiger partial charge in [0.2, 0.25) is 0 Å². The summed E-state index contributed by atoms with van der Waals surface area (Å²) in [6, 6.07) is 6.45. The number of carbonyl (C=O) groups excluding carboxylic acids is 1. The van der Waals surface area contributed by atoms with Gasteiger partial charge in [-0.3, -0.25) is 29.0 Å². The number of esters is 1. The van der Waals surface area contributed by atoms with E-state index in [9.17, 15) is 54.6 Å². The lowest BCUT2D eigenvalue weighted by molar-refractivity contribution is -0.204. The van der Waals surface area contributed by atoms with Crippen LogP contribution in [0.5, 0.6) is 0 Å². The Labute approximate surface area is 290 Å². The van der Waals surface area contributed by atoms with Gasteiger partial charge in [0.05, 0.1) is 37.7 Å². The fraction of sp³-hybridized carbons (Fsp3) is 0.441. The largest absolute Gasteiger partial charge is 0.480 e. The molecule has 0 aromatic heterocycles.